The number of azo groups is 1. The highest BCUT2D eigenvalue weighted by Crippen LogP contribution is 2.29. The molecule has 3 N–H and O–H groups in total. The Bertz CT molecular complexity index is 1270. The lowest BCUT2D eigenvalue weighted by atomic mass is 10.3. The second-order valence-corrected chi connectivity index (χ2v) is 7.38. The van der Waals surface area contributed by atoms with E-state index in [0.717, 1.165) is 10.2 Å². The zero-order valence-electron chi connectivity index (χ0n) is 16.2. The van der Waals surface area contributed by atoms with Crippen LogP contribution < -0.4 is 16.2 Å². The SMILES string of the molecule is O=c1c(N=Nc2ccccc2Br)c(Nc2ccccc2F)[nH]n1CNc1ccccc1. The molecule has 4 rings (SSSR count). The monoisotopic (exact) mass is 480 g/mol. The minimum absolute atomic E-state index is 0.0360. The lowest BCUT2D eigenvalue weighted by Crippen LogP contribution is -2.21. The summed E-state index contributed by atoms with van der Waals surface area (Å²) < 4.78 is 16.2. The van der Waals surface area contributed by atoms with Crippen LogP contribution in [-0.2, 0) is 6.67 Å². The van der Waals surface area contributed by atoms with Gasteiger partial charge in [-0.15, -0.1) is 10.2 Å². The summed E-state index contributed by atoms with van der Waals surface area (Å²) in [6.07, 6.45) is 0. The van der Waals surface area contributed by atoms with Crippen LogP contribution in [0, 0.1) is 5.82 Å². The number of hydrogen-bond acceptors (Lipinski definition) is 5. The van der Waals surface area contributed by atoms with E-state index in [9.17, 15) is 9.18 Å². The molecule has 0 aliphatic carbocycles. The molecule has 0 spiro atoms. The Morgan fingerprint density at radius 3 is 2.42 bits per heavy atom. The van der Waals surface area contributed by atoms with Crippen LogP contribution in [0.5, 0.6) is 0 Å². The molecule has 0 aliphatic rings. The first-order chi connectivity index (χ1) is 15.1. The fraction of sp³-hybridized carbons (Fsp3) is 0.0455. The molecule has 0 amide bonds. The second kappa shape index (κ2) is 9.40. The molecule has 156 valence electrons. The van der Waals surface area contributed by atoms with Gasteiger partial charge in [0.1, 0.15) is 12.5 Å². The number of hydrogen-bond donors (Lipinski definition) is 3. The molecule has 0 saturated carbocycles. The van der Waals surface area contributed by atoms with E-state index in [2.05, 4.69) is 41.9 Å². The van der Waals surface area contributed by atoms with Crippen molar-refractivity contribution in [2.75, 3.05) is 10.6 Å². The Morgan fingerprint density at radius 2 is 1.65 bits per heavy atom. The van der Waals surface area contributed by atoms with Crippen LogP contribution in [0.1, 0.15) is 0 Å². The molecule has 0 saturated heterocycles. The third-order valence-corrected chi connectivity index (χ3v) is 5.06. The van der Waals surface area contributed by atoms with Crippen molar-refractivity contribution in [3.05, 3.63) is 99.5 Å². The van der Waals surface area contributed by atoms with E-state index in [1.54, 1.807) is 24.3 Å². The maximum Gasteiger partial charge on any atom is 0.298 e. The lowest BCUT2D eigenvalue weighted by Gasteiger charge is -2.07. The molecule has 4 aromatic rings. The van der Waals surface area contributed by atoms with Gasteiger partial charge in [-0.3, -0.25) is 9.89 Å². The average molecular weight is 481 g/mol. The van der Waals surface area contributed by atoms with Gasteiger partial charge < -0.3 is 10.6 Å². The van der Waals surface area contributed by atoms with Crippen molar-refractivity contribution in [1.82, 2.24) is 9.78 Å². The number of H-pyrrole nitrogens is 1. The van der Waals surface area contributed by atoms with Gasteiger partial charge in [0.25, 0.3) is 5.56 Å². The highest BCUT2D eigenvalue weighted by Gasteiger charge is 2.16. The van der Waals surface area contributed by atoms with Crippen molar-refractivity contribution >= 4 is 44.5 Å². The van der Waals surface area contributed by atoms with Crippen LogP contribution in [0.3, 0.4) is 0 Å². The first-order valence-electron chi connectivity index (χ1n) is 9.41. The van der Waals surface area contributed by atoms with Crippen molar-refractivity contribution in [2.24, 2.45) is 10.2 Å². The fourth-order valence-electron chi connectivity index (χ4n) is 2.82. The normalized spacial score (nSPS) is 11.0. The summed E-state index contributed by atoms with van der Waals surface area (Å²) in [6, 6.07) is 22.9. The predicted molar refractivity (Wildman–Crippen MR) is 123 cm³/mol. The number of nitrogens with zero attached hydrogens (tertiary/aromatic N) is 3. The van der Waals surface area contributed by atoms with Crippen molar-refractivity contribution < 1.29 is 4.39 Å². The molecular weight excluding hydrogens is 463 g/mol. The molecule has 1 aromatic heterocycles. The molecule has 7 nitrogen and oxygen atoms in total. The van der Waals surface area contributed by atoms with Gasteiger partial charge in [-0.2, -0.15) is 0 Å². The molecule has 0 bridgehead atoms. The number of rotatable bonds is 7. The number of anilines is 3. The molecule has 0 aliphatic heterocycles. The van der Waals surface area contributed by atoms with Crippen LogP contribution in [0.2, 0.25) is 0 Å². The van der Waals surface area contributed by atoms with Crippen LogP contribution in [0.15, 0.2) is 98.4 Å². The highest BCUT2D eigenvalue weighted by molar-refractivity contribution is 9.10. The van der Waals surface area contributed by atoms with Crippen molar-refractivity contribution in [1.29, 1.82) is 0 Å². The summed E-state index contributed by atoms with van der Waals surface area (Å²) in [5.74, 6) is -0.215. The number of benzene rings is 3. The molecular formula is C22H18BrFN6O. The molecule has 1 heterocycles. The van der Waals surface area contributed by atoms with E-state index in [0.29, 0.717) is 5.69 Å². The number of aromatic amines is 1. The maximum absolute atomic E-state index is 14.2. The summed E-state index contributed by atoms with van der Waals surface area (Å²) in [4.78, 5) is 13.0. The van der Waals surface area contributed by atoms with Gasteiger partial charge in [0, 0.05) is 10.2 Å². The summed E-state index contributed by atoms with van der Waals surface area (Å²) in [7, 11) is 0. The molecule has 31 heavy (non-hydrogen) atoms. The summed E-state index contributed by atoms with van der Waals surface area (Å²) in [6.45, 7) is 0.166. The minimum atomic E-state index is -0.452. The van der Waals surface area contributed by atoms with Crippen LogP contribution in [-0.4, -0.2) is 9.78 Å². The van der Waals surface area contributed by atoms with Gasteiger partial charge in [0.15, 0.2) is 11.5 Å². The average Bonchev–Trinajstić information content (AvgIpc) is 3.08. The fourth-order valence-corrected chi connectivity index (χ4v) is 3.19. The standard InChI is InChI=1S/C22H18BrFN6O/c23-16-10-4-6-12-18(16)27-28-20-21(26-19-13-7-5-11-17(19)24)29-30(22(20)31)14-25-15-8-2-1-3-9-15/h1-13,25-26,29H,14H2. The maximum atomic E-state index is 14.2. The van der Waals surface area contributed by atoms with E-state index >= 15 is 0 Å². The Hall–Kier alpha value is -3.72. The molecule has 9 heteroatoms. The number of halogens is 2. The third kappa shape index (κ3) is 4.89. The van der Waals surface area contributed by atoms with Crippen molar-refractivity contribution in [3.63, 3.8) is 0 Å². The molecule has 0 atom stereocenters. The predicted octanol–water partition coefficient (Wildman–Crippen LogP) is 6.31. The van der Waals surface area contributed by atoms with Crippen molar-refractivity contribution in [3.8, 4) is 0 Å². The quantitative estimate of drug-likeness (QED) is 0.271. The first-order valence-corrected chi connectivity index (χ1v) is 10.2. The topological polar surface area (TPSA) is 86.6 Å². The summed E-state index contributed by atoms with van der Waals surface area (Å²) in [5.41, 5.74) is 1.26. The van der Waals surface area contributed by atoms with E-state index in [-0.39, 0.29) is 23.9 Å². The van der Waals surface area contributed by atoms with Crippen molar-refractivity contribution in [2.45, 2.75) is 6.67 Å². The number of para-hydroxylation sites is 2. The van der Waals surface area contributed by atoms with Gasteiger partial charge in [0.05, 0.1) is 11.4 Å². The van der Waals surface area contributed by atoms with E-state index < -0.39 is 11.4 Å². The molecule has 0 fully saturated rings. The van der Waals surface area contributed by atoms with Gasteiger partial charge in [0.2, 0.25) is 0 Å². The van der Waals surface area contributed by atoms with Gasteiger partial charge >= 0.3 is 0 Å². The first kappa shape index (κ1) is 20.5. The molecule has 3 aromatic carbocycles. The Labute approximate surface area is 185 Å². The lowest BCUT2D eigenvalue weighted by molar-refractivity contribution is 0.630. The van der Waals surface area contributed by atoms with Gasteiger partial charge in [-0.25, -0.2) is 9.07 Å². The Balaban J connectivity index is 1.68. The summed E-state index contributed by atoms with van der Waals surface area (Å²) >= 11 is 3.41. The summed E-state index contributed by atoms with van der Waals surface area (Å²) in [5, 5.41) is 17.3. The van der Waals surface area contributed by atoms with Crippen LogP contribution >= 0.6 is 15.9 Å². The Kier molecular flexibility index (Phi) is 6.23. The van der Waals surface area contributed by atoms with Crippen LogP contribution in [0.25, 0.3) is 0 Å². The number of nitrogens with one attached hydrogen (secondary N) is 3. The van der Waals surface area contributed by atoms with E-state index in [4.69, 9.17) is 0 Å². The van der Waals surface area contributed by atoms with E-state index in [1.165, 1.54) is 10.7 Å². The second-order valence-electron chi connectivity index (χ2n) is 6.53. The zero-order valence-corrected chi connectivity index (χ0v) is 17.8. The number of aromatic nitrogens is 2. The molecule has 0 unspecified atom stereocenters. The minimum Gasteiger partial charge on any atom is -0.366 e. The van der Waals surface area contributed by atoms with Gasteiger partial charge in [-0.1, -0.05) is 42.5 Å². The largest absolute Gasteiger partial charge is 0.366 e. The van der Waals surface area contributed by atoms with Crippen LogP contribution in [0.4, 0.5) is 33.0 Å². The van der Waals surface area contributed by atoms with Gasteiger partial charge in [-0.05, 0) is 52.3 Å². The van der Waals surface area contributed by atoms with E-state index in [1.807, 2.05) is 48.5 Å². The third-order valence-electron chi connectivity index (χ3n) is 4.39. The zero-order chi connectivity index (χ0) is 21.6. The Morgan fingerprint density at radius 1 is 0.935 bits per heavy atom. The smallest absolute Gasteiger partial charge is 0.298 e. The highest BCUT2D eigenvalue weighted by atomic mass is 79.9. The molecule has 0 radical (unpaired) electrons.